The van der Waals surface area contributed by atoms with Crippen molar-refractivity contribution in [3.05, 3.63) is 28.3 Å². The van der Waals surface area contributed by atoms with Gasteiger partial charge in [-0.3, -0.25) is 0 Å². The molecular weight excluding hydrogens is 272 g/mol. The van der Waals surface area contributed by atoms with Crippen molar-refractivity contribution >= 4 is 11.6 Å². The molecular formula is C16H25ClN2O. The van der Waals surface area contributed by atoms with Crippen LogP contribution in [0.1, 0.15) is 25.0 Å². The SMILES string of the molecule is CC(C)C(CN(C)C)NCc1cc(Cl)cc2c1OCC2. The summed E-state index contributed by atoms with van der Waals surface area (Å²) in [5.74, 6) is 1.62. The second-order valence-corrected chi connectivity index (χ2v) is 6.58. The topological polar surface area (TPSA) is 24.5 Å². The molecule has 112 valence electrons. The van der Waals surface area contributed by atoms with Gasteiger partial charge in [0.05, 0.1) is 6.61 Å². The van der Waals surface area contributed by atoms with Crippen LogP contribution < -0.4 is 10.1 Å². The lowest BCUT2D eigenvalue weighted by molar-refractivity contribution is 0.286. The number of nitrogens with one attached hydrogen (secondary N) is 1. The van der Waals surface area contributed by atoms with Crippen LogP contribution in [0.2, 0.25) is 5.02 Å². The van der Waals surface area contributed by atoms with Gasteiger partial charge in [0.15, 0.2) is 0 Å². The highest BCUT2D eigenvalue weighted by Gasteiger charge is 2.19. The number of halogens is 1. The summed E-state index contributed by atoms with van der Waals surface area (Å²) in [6.45, 7) is 7.11. The maximum Gasteiger partial charge on any atom is 0.127 e. The lowest BCUT2D eigenvalue weighted by Gasteiger charge is -2.26. The van der Waals surface area contributed by atoms with Crippen LogP contribution in [-0.4, -0.2) is 38.2 Å². The third kappa shape index (κ3) is 3.87. The number of likely N-dealkylation sites (N-methyl/N-ethyl adjacent to an activating group) is 1. The highest BCUT2D eigenvalue weighted by molar-refractivity contribution is 6.30. The molecule has 1 N–H and O–H groups in total. The van der Waals surface area contributed by atoms with Crippen molar-refractivity contribution in [1.29, 1.82) is 0 Å². The molecule has 1 aliphatic heterocycles. The monoisotopic (exact) mass is 296 g/mol. The number of hydrogen-bond donors (Lipinski definition) is 1. The zero-order valence-corrected chi connectivity index (χ0v) is 13.6. The number of rotatable bonds is 6. The smallest absolute Gasteiger partial charge is 0.127 e. The van der Waals surface area contributed by atoms with E-state index in [1.807, 2.05) is 12.1 Å². The van der Waals surface area contributed by atoms with Gasteiger partial charge in [0.2, 0.25) is 0 Å². The third-order valence-corrected chi connectivity index (χ3v) is 3.96. The summed E-state index contributed by atoms with van der Waals surface area (Å²) in [6.07, 6.45) is 0.966. The van der Waals surface area contributed by atoms with Gasteiger partial charge in [0.25, 0.3) is 0 Å². The van der Waals surface area contributed by atoms with Crippen molar-refractivity contribution in [2.75, 3.05) is 27.2 Å². The van der Waals surface area contributed by atoms with Gasteiger partial charge in [0.1, 0.15) is 5.75 Å². The molecule has 0 amide bonds. The number of fused-ring (bicyclic) bond motifs is 1. The molecule has 0 bridgehead atoms. The molecule has 1 aromatic rings. The number of benzene rings is 1. The molecule has 2 rings (SSSR count). The average molecular weight is 297 g/mol. The first kappa shape index (κ1) is 15.6. The first-order valence-electron chi connectivity index (χ1n) is 7.29. The van der Waals surface area contributed by atoms with Crippen molar-refractivity contribution in [1.82, 2.24) is 10.2 Å². The van der Waals surface area contributed by atoms with E-state index in [-0.39, 0.29) is 0 Å². The first-order valence-corrected chi connectivity index (χ1v) is 7.67. The molecule has 0 saturated carbocycles. The maximum absolute atomic E-state index is 6.20. The summed E-state index contributed by atoms with van der Waals surface area (Å²) >= 11 is 6.20. The van der Waals surface area contributed by atoms with Crippen LogP contribution in [0, 0.1) is 5.92 Å². The first-order chi connectivity index (χ1) is 9.47. The Balaban J connectivity index is 2.06. The fourth-order valence-corrected chi connectivity index (χ4v) is 2.89. The van der Waals surface area contributed by atoms with E-state index in [4.69, 9.17) is 16.3 Å². The zero-order chi connectivity index (χ0) is 14.7. The molecule has 4 heteroatoms. The molecule has 0 aliphatic carbocycles. The van der Waals surface area contributed by atoms with Gasteiger partial charge in [-0.2, -0.15) is 0 Å². The summed E-state index contributed by atoms with van der Waals surface area (Å²) in [5.41, 5.74) is 2.41. The minimum atomic E-state index is 0.459. The Labute approximate surface area is 127 Å². The van der Waals surface area contributed by atoms with Crippen molar-refractivity contribution < 1.29 is 4.74 Å². The largest absolute Gasteiger partial charge is 0.493 e. The molecule has 0 fully saturated rings. The summed E-state index contributed by atoms with van der Waals surface area (Å²) in [5, 5.41) is 4.45. The Kier molecular flexibility index (Phi) is 5.30. The lowest BCUT2D eigenvalue weighted by atomic mass is 10.0. The summed E-state index contributed by atoms with van der Waals surface area (Å²) in [6, 6.07) is 4.50. The van der Waals surface area contributed by atoms with Crippen LogP contribution in [0.4, 0.5) is 0 Å². The Bertz CT molecular complexity index is 460. The summed E-state index contributed by atoms with van der Waals surface area (Å²) in [4.78, 5) is 2.22. The minimum absolute atomic E-state index is 0.459. The summed E-state index contributed by atoms with van der Waals surface area (Å²) < 4.78 is 5.75. The van der Waals surface area contributed by atoms with Gasteiger partial charge in [-0.15, -0.1) is 0 Å². The van der Waals surface area contributed by atoms with Crippen LogP contribution in [0.25, 0.3) is 0 Å². The molecule has 1 atom stereocenters. The highest BCUT2D eigenvalue weighted by Crippen LogP contribution is 2.32. The molecule has 1 unspecified atom stereocenters. The quantitative estimate of drug-likeness (QED) is 0.873. The van der Waals surface area contributed by atoms with Crippen LogP contribution in [0.3, 0.4) is 0 Å². The minimum Gasteiger partial charge on any atom is -0.493 e. The van der Waals surface area contributed by atoms with Gasteiger partial charge in [-0.25, -0.2) is 0 Å². The van der Waals surface area contributed by atoms with E-state index in [1.54, 1.807) is 0 Å². The van der Waals surface area contributed by atoms with Crippen LogP contribution in [-0.2, 0) is 13.0 Å². The second-order valence-electron chi connectivity index (χ2n) is 6.15. The van der Waals surface area contributed by atoms with E-state index in [9.17, 15) is 0 Å². The molecule has 0 aromatic heterocycles. The van der Waals surface area contributed by atoms with Gasteiger partial charge in [0, 0.05) is 36.1 Å². The van der Waals surface area contributed by atoms with E-state index in [1.165, 1.54) is 11.1 Å². The molecule has 1 heterocycles. The molecule has 1 aromatic carbocycles. The Hall–Kier alpha value is -0.770. The van der Waals surface area contributed by atoms with Crippen molar-refractivity contribution in [3.63, 3.8) is 0 Å². The van der Waals surface area contributed by atoms with Gasteiger partial charge >= 0.3 is 0 Å². The number of nitrogens with zero attached hydrogens (tertiary/aromatic N) is 1. The number of ether oxygens (including phenoxy) is 1. The third-order valence-electron chi connectivity index (χ3n) is 3.75. The second kappa shape index (κ2) is 6.79. The molecule has 0 saturated heterocycles. The van der Waals surface area contributed by atoms with Crippen molar-refractivity contribution in [2.24, 2.45) is 5.92 Å². The number of hydrogen-bond acceptors (Lipinski definition) is 3. The summed E-state index contributed by atoms with van der Waals surface area (Å²) in [7, 11) is 4.22. The van der Waals surface area contributed by atoms with Crippen LogP contribution in [0.15, 0.2) is 12.1 Å². The normalized spacial score (nSPS) is 15.6. The molecule has 3 nitrogen and oxygen atoms in total. The van der Waals surface area contributed by atoms with E-state index in [0.29, 0.717) is 12.0 Å². The fourth-order valence-electron chi connectivity index (χ4n) is 2.62. The molecule has 1 aliphatic rings. The Morgan fingerprint density at radius 3 is 2.75 bits per heavy atom. The van der Waals surface area contributed by atoms with Gasteiger partial charge < -0.3 is 15.0 Å². The predicted octanol–water partition coefficient (Wildman–Crippen LogP) is 2.95. The zero-order valence-electron chi connectivity index (χ0n) is 12.9. The highest BCUT2D eigenvalue weighted by atomic mass is 35.5. The van der Waals surface area contributed by atoms with Crippen LogP contribution >= 0.6 is 11.6 Å². The molecule has 0 spiro atoms. The Morgan fingerprint density at radius 1 is 1.35 bits per heavy atom. The van der Waals surface area contributed by atoms with Crippen molar-refractivity contribution in [2.45, 2.75) is 32.9 Å². The van der Waals surface area contributed by atoms with E-state index < -0.39 is 0 Å². The van der Waals surface area contributed by atoms with E-state index in [0.717, 1.165) is 36.9 Å². The molecule has 20 heavy (non-hydrogen) atoms. The fraction of sp³-hybridized carbons (Fsp3) is 0.625. The average Bonchev–Trinajstić information content (AvgIpc) is 2.81. The van der Waals surface area contributed by atoms with Crippen molar-refractivity contribution in [3.8, 4) is 5.75 Å². The van der Waals surface area contributed by atoms with Gasteiger partial charge in [-0.05, 0) is 37.7 Å². The molecule has 0 radical (unpaired) electrons. The predicted molar refractivity (Wildman–Crippen MR) is 84.7 cm³/mol. The standard InChI is InChI=1S/C16H25ClN2O/c1-11(2)15(10-19(3)4)18-9-13-8-14(17)7-12-5-6-20-16(12)13/h7-8,11,15,18H,5-6,9-10H2,1-4H3. The lowest BCUT2D eigenvalue weighted by Crippen LogP contribution is -2.41. The van der Waals surface area contributed by atoms with E-state index in [2.05, 4.69) is 38.2 Å². The van der Waals surface area contributed by atoms with Gasteiger partial charge in [-0.1, -0.05) is 25.4 Å². The Morgan fingerprint density at radius 2 is 2.10 bits per heavy atom. The van der Waals surface area contributed by atoms with E-state index >= 15 is 0 Å². The van der Waals surface area contributed by atoms with Crippen LogP contribution in [0.5, 0.6) is 5.75 Å². The maximum atomic E-state index is 6.20.